The molecule has 5 nitrogen and oxygen atoms in total. The third-order valence-corrected chi connectivity index (χ3v) is 3.55. The van der Waals surface area contributed by atoms with Gasteiger partial charge in [-0.05, 0) is 11.5 Å². The van der Waals surface area contributed by atoms with E-state index >= 15 is 0 Å². The van der Waals surface area contributed by atoms with Gasteiger partial charge in [0.05, 0.1) is 13.6 Å². The van der Waals surface area contributed by atoms with Gasteiger partial charge in [0.25, 0.3) is 5.91 Å². The first-order valence-corrected chi connectivity index (χ1v) is 7.66. The molecule has 0 aliphatic rings. The summed E-state index contributed by atoms with van der Waals surface area (Å²) >= 11 is 0. The Morgan fingerprint density at radius 2 is 1.77 bits per heavy atom. The number of hydrogen-bond donors (Lipinski definition) is 2. The van der Waals surface area contributed by atoms with Gasteiger partial charge in [-0.2, -0.15) is 0 Å². The predicted octanol–water partition coefficient (Wildman–Crippen LogP) is 0.0291. The zero-order valence-electron chi connectivity index (χ0n) is 14.3. The SMILES string of the molecule is CC(C)c1ccc(C[NH+](C)CC(=O)NCC(=O)N(C)C)cc1. The summed E-state index contributed by atoms with van der Waals surface area (Å²) in [6, 6.07) is 8.52. The summed E-state index contributed by atoms with van der Waals surface area (Å²) in [6.07, 6.45) is 0. The molecule has 0 aliphatic heterocycles. The van der Waals surface area contributed by atoms with Gasteiger partial charge in [-0.25, -0.2) is 0 Å². The number of benzene rings is 1. The summed E-state index contributed by atoms with van der Waals surface area (Å²) in [5, 5.41) is 2.65. The fourth-order valence-electron chi connectivity index (χ4n) is 2.10. The summed E-state index contributed by atoms with van der Waals surface area (Å²) in [5.74, 6) is 0.320. The Morgan fingerprint density at radius 3 is 2.27 bits per heavy atom. The van der Waals surface area contributed by atoms with Crippen LogP contribution in [-0.2, 0) is 16.1 Å². The highest BCUT2D eigenvalue weighted by molar-refractivity contribution is 5.84. The summed E-state index contributed by atoms with van der Waals surface area (Å²) in [4.78, 5) is 25.8. The average Bonchev–Trinajstić information content (AvgIpc) is 2.44. The van der Waals surface area contributed by atoms with Gasteiger partial charge >= 0.3 is 0 Å². The molecule has 2 N–H and O–H groups in total. The van der Waals surface area contributed by atoms with Crippen molar-refractivity contribution in [3.05, 3.63) is 35.4 Å². The van der Waals surface area contributed by atoms with Crippen LogP contribution in [0.1, 0.15) is 30.9 Å². The van der Waals surface area contributed by atoms with Gasteiger partial charge in [0.15, 0.2) is 6.54 Å². The molecule has 0 aliphatic carbocycles. The third-order valence-electron chi connectivity index (χ3n) is 3.55. The molecule has 1 aromatic carbocycles. The molecule has 5 heteroatoms. The van der Waals surface area contributed by atoms with E-state index in [4.69, 9.17) is 0 Å². The van der Waals surface area contributed by atoms with Crippen molar-refractivity contribution >= 4 is 11.8 Å². The third kappa shape index (κ3) is 6.26. The monoisotopic (exact) mass is 306 g/mol. The van der Waals surface area contributed by atoms with E-state index in [2.05, 4.69) is 43.4 Å². The van der Waals surface area contributed by atoms with Crippen LogP contribution in [0.25, 0.3) is 0 Å². The van der Waals surface area contributed by atoms with Gasteiger partial charge in [0.2, 0.25) is 5.91 Å². The number of quaternary nitrogens is 1. The quantitative estimate of drug-likeness (QED) is 0.747. The Bertz CT molecular complexity index is 495. The van der Waals surface area contributed by atoms with E-state index in [1.807, 2.05) is 7.05 Å². The molecule has 0 spiro atoms. The molecule has 1 atom stereocenters. The number of carbonyl (C=O) groups is 2. The van der Waals surface area contributed by atoms with Crippen LogP contribution in [0.3, 0.4) is 0 Å². The van der Waals surface area contributed by atoms with E-state index < -0.39 is 0 Å². The first-order valence-electron chi connectivity index (χ1n) is 7.66. The zero-order valence-corrected chi connectivity index (χ0v) is 14.3. The highest BCUT2D eigenvalue weighted by atomic mass is 16.2. The highest BCUT2D eigenvalue weighted by Crippen LogP contribution is 2.14. The standard InChI is InChI=1S/C17H27N3O2/c1-13(2)15-8-6-14(7-9-15)11-20(5)12-16(21)18-10-17(22)19(3)4/h6-9,13H,10-12H2,1-5H3,(H,18,21)/p+1. The topological polar surface area (TPSA) is 53.9 Å². The van der Waals surface area contributed by atoms with E-state index in [1.54, 1.807) is 14.1 Å². The van der Waals surface area contributed by atoms with E-state index in [0.717, 1.165) is 11.4 Å². The fraction of sp³-hybridized carbons (Fsp3) is 0.529. The molecule has 0 heterocycles. The predicted molar refractivity (Wildman–Crippen MR) is 87.7 cm³/mol. The van der Waals surface area contributed by atoms with Crippen molar-refractivity contribution in [1.29, 1.82) is 0 Å². The Labute approximate surface area is 133 Å². The lowest BCUT2D eigenvalue weighted by Crippen LogP contribution is -3.08. The van der Waals surface area contributed by atoms with Crippen LogP contribution >= 0.6 is 0 Å². The maximum absolute atomic E-state index is 11.8. The molecule has 0 saturated carbocycles. The van der Waals surface area contributed by atoms with Crippen molar-refractivity contribution in [3.63, 3.8) is 0 Å². The normalized spacial score (nSPS) is 12.1. The molecular formula is C17H28N3O2+. The van der Waals surface area contributed by atoms with E-state index in [-0.39, 0.29) is 18.4 Å². The number of nitrogens with one attached hydrogen (secondary N) is 2. The van der Waals surface area contributed by atoms with Crippen LogP contribution in [0, 0.1) is 0 Å². The molecule has 1 unspecified atom stereocenters. The second-order valence-corrected chi connectivity index (χ2v) is 6.27. The summed E-state index contributed by atoms with van der Waals surface area (Å²) in [5.41, 5.74) is 2.53. The van der Waals surface area contributed by atoms with Crippen LogP contribution in [0.15, 0.2) is 24.3 Å². The van der Waals surface area contributed by atoms with E-state index in [1.165, 1.54) is 16.0 Å². The minimum atomic E-state index is -0.105. The Morgan fingerprint density at radius 1 is 1.18 bits per heavy atom. The van der Waals surface area contributed by atoms with Crippen LogP contribution < -0.4 is 10.2 Å². The minimum absolute atomic E-state index is 0.0577. The largest absolute Gasteiger partial charge is 0.347 e. The van der Waals surface area contributed by atoms with Gasteiger partial charge in [-0.1, -0.05) is 38.1 Å². The summed E-state index contributed by atoms with van der Waals surface area (Å²) in [6.45, 7) is 5.54. The van der Waals surface area contributed by atoms with Crippen LogP contribution in [0.2, 0.25) is 0 Å². The minimum Gasteiger partial charge on any atom is -0.347 e. The van der Waals surface area contributed by atoms with E-state index in [9.17, 15) is 9.59 Å². The summed E-state index contributed by atoms with van der Waals surface area (Å²) in [7, 11) is 5.32. The van der Waals surface area contributed by atoms with E-state index in [0.29, 0.717) is 12.5 Å². The van der Waals surface area contributed by atoms with Crippen LogP contribution in [-0.4, -0.2) is 50.9 Å². The second kappa shape index (κ2) is 8.54. The molecular weight excluding hydrogens is 278 g/mol. The number of rotatable bonds is 7. The van der Waals surface area contributed by atoms with Crippen molar-refractivity contribution in [1.82, 2.24) is 10.2 Å². The number of nitrogens with zero attached hydrogens (tertiary/aromatic N) is 1. The molecule has 0 radical (unpaired) electrons. The Hall–Kier alpha value is -1.88. The van der Waals surface area contributed by atoms with Gasteiger partial charge in [0, 0.05) is 19.7 Å². The molecule has 122 valence electrons. The number of hydrogen-bond acceptors (Lipinski definition) is 2. The maximum Gasteiger partial charge on any atom is 0.275 e. The molecule has 22 heavy (non-hydrogen) atoms. The fourth-order valence-corrected chi connectivity index (χ4v) is 2.10. The second-order valence-electron chi connectivity index (χ2n) is 6.27. The molecule has 0 aromatic heterocycles. The average molecular weight is 306 g/mol. The molecule has 1 rings (SSSR count). The van der Waals surface area contributed by atoms with Gasteiger partial charge in [0.1, 0.15) is 6.54 Å². The lowest BCUT2D eigenvalue weighted by molar-refractivity contribution is -0.885. The smallest absolute Gasteiger partial charge is 0.275 e. The highest BCUT2D eigenvalue weighted by Gasteiger charge is 2.12. The van der Waals surface area contributed by atoms with Crippen LogP contribution in [0.4, 0.5) is 0 Å². The van der Waals surface area contributed by atoms with Gasteiger partial charge in [-0.3, -0.25) is 9.59 Å². The number of amides is 2. The lowest BCUT2D eigenvalue weighted by atomic mass is 10.0. The Balaban J connectivity index is 2.40. The molecule has 0 bridgehead atoms. The van der Waals surface area contributed by atoms with Crippen molar-refractivity contribution < 1.29 is 14.5 Å². The Kier molecular flexibility index (Phi) is 7.05. The van der Waals surface area contributed by atoms with Gasteiger partial charge in [-0.15, -0.1) is 0 Å². The lowest BCUT2D eigenvalue weighted by Gasteiger charge is -2.15. The number of carbonyl (C=O) groups excluding carboxylic acids is 2. The molecule has 1 aromatic rings. The number of likely N-dealkylation sites (N-methyl/N-ethyl adjacent to an activating group) is 2. The first kappa shape index (κ1) is 18.2. The van der Waals surface area contributed by atoms with Crippen molar-refractivity contribution in [3.8, 4) is 0 Å². The molecule has 2 amide bonds. The van der Waals surface area contributed by atoms with Crippen LogP contribution in [0.5, 0.6) is 0 Å². The molecule has 0 saturated heterocycles. The summed E-state index contributed by atoms with van der Waals surface area (Å²) < 4.78 is 0. The van der Waals surface area contributed by atoms with Crippen molar-refractivity contribution in [2.75, 3.05) is 34.2 Å². The molecule has 0 fully saturated rings. The maximum atomic E-state index is 11.8. The van der Waals surface area contributed by atoms with Crippen molar-refractivity contribution in [2.24, 2.45) is 0 Å². The first-order chi connectivity index (χ1) is 10.3. The van der Waals surface area contributed by atoms with Crippen molar-refractivity contribution in [2.45, 2.75) is 26.3 Å². The zero-order chi connectivity index (χ0) is 16.7. The van der Waals surface area contributed by atoms with Gasteiger partial charge < -0.3 is 15.1 Å².